The lowest BCUT2D eigenvalue weighted by atomic mass is 10.0. The Labute approximate surface area is 186 Å². The standard InChI is InChI=1S/C24H27FN4O3/c1-14(2)9-12-32-19-13-26-10-7-15(19)21-22(20-17(28-21)8-11-27-24(20)30)29-18-6-4-5-16(25)23(18)31-3/h4-7,10,13-14,28-29H,8-9,11-12H2,1-3H3,(H,27,30). The van der Waals surface area contributed by atoms with E-state index in [0.29, 0.717) is 53.9 Å². The van der Waals surface area contributed by atoms with Crippen LogP contribution in [-0.2, 0) is 6.42 Å². The van der Waals surface area contributed by atoms with Crippen molar-refractivity contribution in [3.63, 3.8) is 0 Å². The fraction of sp³-hybridized carbons (Fsp3) is 0.333. The number of carbonyl (C=O) groups excluding carboxylic acids is 1. The maximum Gasteiger partial charge on any atom is 0.255 e. The van der Waals surface area contributed by atoms with Crippen molar-refractivity contribution in [3.05, 3.63) is 53.7 Å². The molecule has 32 heavy (non-hydrogen) atoms. The van der Waals surface area contributed by atoms with Crippen molar-refractivity contribution in [1.82, 2.24) is 15.3 Å². The molecular weight excluding hydrogens is 411 g/mol. The van der Waals surface area contributed by atoms with Gasteiger partial charge in [0.25, 0.3) is 5.91 Å². The van der Waals surface area contributed by atoms with E-state index in [1.54, 1.807) is 24.5 Å². The average molecular weight is 439 g/mol. The van der Waals surface area contributed by atoms with Crippen LogP contribution in [0.4, 0.5) is 15.8 Å². The first-order valence-corrected chi connectivity index (χ1v) is 10.7. The molecule has 7 nitrogen and oxygen atoms in total. The third-order valence-corrected chi connectivity index (χ3v) is 5.40. The van der Waals surface area contributed by atoms with Gasteiger partial charge >= 0.3 is 0 Å². The Morgan fingerprint density at radius 3 is 2.91 bits per heavy atom. The number of pyridine rings is 1. The Balaban J connectivity index is 1.81. The van der Waals surface area contributed by atoms with E-state index < -0.39 is 5.82 Å². The summed E-state index contributed by atoms with van der Waals surface area (Å²) >= 11 is 0. The van der Waals surface area contributed by atoms with Crippen LogP contribution in [0.3, 0.4) is 0 Å². The van der Waals surface area contributed by atoms with Crippen molar-refractivity contribution in [2.24, 2.45) is 5.92 Å². The van der Waals surface area contributed by atoms with Crippen LogP contribution in [0.5, 0.6) is 11.5 Å². The molecule has 0 fully saturated rings. The number of halogens is 1. The summed E-state index contributed by atoms with van der Waals surface area (Å²) in [5.74, 6) is 0.515. The first-order chi connectivity index (χ1) is 15.5. The highest BCUT2D eigenvalue weighted by Gasteiger charge is 2.28. The molecule has 0 saturated carbocycles. The van der Waals surface area contributed by atoms with Crippen LogP contribution in [0, 0.1) is 11.7 Å². The van der Waals surface area contributed by atoms with E-state index in [-0.39, 0.29) is 11.7 Å². The molecule has 3 N–H and O–H groups in total. The van der Waals surface area contributed by atoms with E-state index in [2.05, 4.69) is 34.4 Å². The SMILES string of the molecule is COc1c(F)cccc1Nc1c(-c2ccncc2OCCC(C)C)[nH]c2c1C(=O)NCC2. The smallest absolute Gasteiger partial charge is 0.255 e. The Morgan fingerprint density at radius 1 is 1.28 bits per heavy atom. The zero-order chi connectivity index (χ0) is 22.7. The van der Waals surface area contributed by atoms with Gasteiger partial charge in [-0.25, -0.2) is 4.39 Å². The predicted molar refractivity (Wildman–Crippen MR) is 121 cm³/mol. The van der Waals surface area contributed by atoms with Crippen LogP contribution in [0.25, 0.3) is 11.3 Å². The lowest BCUT2D eigenvalue weighted by molar-refractivity contribution is 0.0947. The molecule has 8 heteroatoms. The third-order valence-electron chi connectivity index (χ3n) is 5.40. The lowest BCUT2D eigenvalue weighted by Crippen LogP contribution is -2.31. The number of fused-ring (bicyclic) bond motifs is 1. The molecule has 0 atom stereocenters. The number of benzene rings is 1. The number of hydrogen-bond acceptors (Lipinski definition) is 5. The van der Waals surface area contributed by atoms with Gasteiger partial charge in [0.2, 0.25) is 0 Å². The summed E-state index contributed by atoms with van der Waals surface area (Å²) in [6.45, 7) is 5.37. The van der Waals surface area contributed by atoms with Crippen molar-refractivity contribution in [3.8, 4) is 22.8 Å². The van der Waals surface area contributed by atoms with Crippen LogP contribution < -0.4 is 20.1 Å². The van der Waals surface area contributed by atoms with Crippen molar-refractivity contribution in [1.29, 1.82) is 0 Å². The molecule has 1 amide bonds. The van der Waals surface area contributed by atoms with Gasteiger partial charge in [0.15, 0.2) is 11.6 Å². The Hall–Kier alpha value is -3.55. The van der Waals surface area contributed by atoms with E-state index in [4.69, 9.17) is 9.47 Å². The molecule has 3 heterocycles. The van der Waals surface area contributed by atoms with Crippen molar-refractivity contribution in [2.45, 2.75) is 26.7 Å². The summed E-state index contributed by atoms with van der Waals surface area (Å²) in [7, 11) is 1.41. The molecule has 0 aliphatic carbocycles. The van der Waals surface area contributed by atoms with Crippen LogP contribution >= 0.6 is 0 Å². The van der Waals surface area contributed by atoms with Crippen molar-refractivity contribution < 1.29 is 18.7 Å². The third kappa shape index (κ3) is 4.26. The van der Waals surface area contributed by atoms with Gasteiger partial charge in [0, 0.05) is 30.4 Å². The summed E-state index contributed by atoms with van der Waals surface area (Å²) in [4.78, 5) is 20.4. The molecule has 168 valence electrons. The number of ether oxygens (including phenoxy) is 2. The fourth-order valence-electron chi connectivity index (χ4n) is 3.76. The van der Waals surface area contributed by atoms with Crippen molar-refractivity contribution >= 4 is 17.3 Å². The molecule has 1 aliphatic heterocycles. The van der Waals surface area contributed by atoms with E-state index in [1.807, 2.05) is 6.07 Å². The van der Waals surface area contributed by atoms with Crippen LogP contribution in [0.1, 0.15) is 36.3 Å². The lowest BCUT2D eigenvalue weighted by Gasteiger charge is -2.17. The normalized spacial score (nSPS) is 13.0. The number of rotatable bonds is 8. The van der Waals surface area contributed by atoms with Crippen LogP contribution in [0.15, 0.2) is 36.7 Å². The topological polar surface area (TPSA) is 88.3 Å². The number of amides is 1. The quantitative estimate of drug-likeness (QED) is 0.475. The molecular formula is C24H27FN4O3. The molecule has 2 aromatic heterocycles. The first kappa shape index (κ1) is 21.7. The van der Waals surface area contributed by atoms with E-state index in [1.165, 1.54) is 13.2 Å². The summed E-state index contributed by atoms with van der Waals surface area (Å²) in [5.41, 5.74) is 3.73. The summed E-state index contributed by atoms with van der Waals surface area (Å²) in [6, 6.07) is 6.46. The number of carbonyl (C=O) groups is 1. The van der Waals surface area contributed by atoms with Gasteiger partial charge in [-0.05, 0) is 30.5 Å². The summed E-state index contributed by atoms with van der Waals surface area (Å²) in [5, 5.41) is 6.12. The minimum atomic E-state index is -0.491. The van der Waals surface area contributed by atoms with Gasteiger partial charge in [0.1, 0.15) is 5.75 Å². The highest BCUT2D eigenvalue weighted by molar-refractivity contribution is 6.06. The highest BCUT2D eigenvalue weighted by Crippen LogP contribution is 2.42. The maximum atomic E-state index is 14.3. The van der Waals surface area contributed by atoms with Crippen LogP contribution in [0.2, 0.25) is 0 Å². The maximum absolute atomic E-state index is 14.3. The number of para-hydroxylation sites is 1. The average Bonchev–Trinajstić information content (AvgIpc) is 3.13. The zero-order valence-corrected chi connectivity index (χ0v) is 18.4. The molecule has 0 bridgehead atoms. The summed E-state index contributed by atoms with van der Waals surface area (Å²) < 4.78 is 25.6. The van der Waals surface area contributed by atoms with Gasteiger partial charge in [-0.1, -0.05) is 19.9 Å². The number of anilines is 2. The Bertz CT molecular complexity index is 1130. The predicted octanol–water partition coefficient (Wildman–Crippen LogP) is 4.68. The highest BCUT2D eigenvalue weighted by atomic mass is 19.1. The van der Waals surface area contributed by atoms with E-state index in [9.17, 15) is 9.18 Å². The largest absolute Gasteiger partial charge is 0.492 e. The van der Waals surface area contributed by atoms with Gasteiger partial charge < -0.3 is 25.1 Å². The van der Waals surface area contributed by atoms with E-state index in [0.717, 1.165) is 17.7 Å². The number of methoxy groups -OCH3 is 1. The molecule has 4 rings (SSSR count). The molecule has 0 unspecified atom stereocenters. The molecule has 0 spiro atoms. The van der Waals surface area contributed by atoms with E-state index >= 15 is 0 Å². The monoisotopic (exact) mass is 438 g/mol. The second kappa shape index (κ2) is 9.30. The minimum absolute atomic E-state index is 0.0766. The molecule has 3 aromatic rings. The van der Waals surface area contributed by atoms with Crippen LogP contribution in [-0.4, -0.2) is 36.1 Å². The summed E-state index contributed by atoms with van der Waals surface area (Å²) in [6.07, 6.45) is 4.91. The second-order valence-corrected chi connectivity index (χ2v) is 8.08. The molecule has 0 saturated heterocycles. The van der Waals surface area contributed by atoms with Gasteiger partial charge in [0.05, 0.1) is 42.5 Å². The number of H-pyrrole nitrogens is 1. The number of nitrogens with zero attached hydrogens (tertiary/aromatic N) is 1. The number of aromatic nitrogens is 2. The fourth-order valence-corrected chi connectivity index (χ4v) is 3.76. The molecule has 1 aliphatic rings. The van der Waals surface area contributed by atoms with Gasteiger partial charge in [-0.3, -0.25) is 9.78 Å². The molecule has 1 aromatic carbocycles. The Kier molecular flexibility index (Phi) is 6.30. The second-order valence-electron chi connectivity index (χ2n) is 8.08. The Morgan fingerprint density at radius 2 is 2.12 bits per heavy atom. The zero-order valence-electron chi connectivity index (χ0n) is 18.4. The van der Waals surface area contributed by atoms with Gasteiger partial charge in [-0.2, -0.15) is 0 Å². The van der Waals surface area contributed by atoms with Gasteiger partial charge in [-0.15, -0.1) is 0 Å². The number of hydrogen-bond donors (Lipinski definition) is 3. The number of aromatic amines is 1. The first-order valence-electron chi connectivity index (χ1n) is 10.7. The molecule has 0 radical (unpaired) electrons. The number of nitrogens with one attached hydrogen (secondary N) is 3. The minimum Gasteiger partial charge on any atom is -0.492 e. The van der Waals surface area contributed by atoms with Crippen molar-refractivity contribution in [2.75, 3.05) is 25.6 Å².